The van der Waals surface area contributed by atoms with Crippen molar-refractivity contribution < 1.29 is 36.2 Å². The van der Waals surface area contributed by atoms with Gasteiger partial charge in [-0.25, -0.2) is 9.67 Å². The molecule has 2 aliphatic rings. The Bertz CT molecular complexity index is 1700. The largest absolute Gasteiger partial charge is 0.586 e. The number of imidazole rings is 1. The van der Waals surface area contributed by atoms with Crippen LogP contribution in [0.2, 0.25) is 5.02 Å². The Morgan fingerprint density at radius 3 is 2.62 bits per heavy atom. The molecule has 1 amide bonds. The molecule has 0 bridgehead atoms. The van der Waals surface area contributed by atoms with Crippen molar-refractivity contribution in [1.29, 1.82) is 0 Å². The first-order valence-electron chi connectivity index (χ1n) is 11.4. The second-order valence-corrected chi connectivity index (χ2v) is 9.33. The SMILES string of the molecule is O=C(Cn1nc(-c2ccc(Cl)c(C(F)(F)F)c2)c2nc[nH]c2c1=O)N(c1ccc2c(c1)OC(F)(F)O2)C1CC1. The van der Waals surface area contributed by atoms with Crippen molar-refractivity contribution in [3.8, 4) is 22.8 Å². The Hall–Kier alpha value is -4.20. The summed E-state index contributed by atoms with van der Waals surface area (Å²) in [5.74, 6) is -1.05. The number of carbonyl (C=O) groups excluding carboxylic acids is 1. The number of carbonyl (C=O) groups is 1. The van der Waals surface area contributed by atoms with Crippen LogP contribution in [0, 0.1) is 0 Å². The molecule has 9 nitrogen and oxygen atoms in total. The molecule has 0 radical (unpaired) electrons. The summed E-state index contributed by atoms with van der Waals surface area (Å²) in [5, 5.41) is 3.67. The van der Waals surface area contributed by atoms with E-state index in [1.165, 1.54) is 35.5 Å². The van der Waals surface area contributed by atoms with Crippen molar-refractivity contribution in [3.05, 3.63) is 63.7 Å². The van der Waals surface area contributed by atoms with Gasteiger partial charge in [0.15, 0.2) is 11.5 Å². The molecular formula is C24H15ClF5N5O4. The smallest absolute Gasteiger partial charge is 0.395 e. The van der Waals surface area contributed by atoms with E-state index < -0.39 is 41.1 Å². The second-order valence-electron chi connectivity index (χ2n) is 8.92. The molecule has 1 aliphatic heterocycles. The van der Waals surface area contributed by atoms with E-state index in [0.29, 0.717) is 12.8 Å². The number of H-pyrrole nitrogens is 1. The van der Waals surface area contributed by atoms with Gasteiger partial charge in [-0.15, -0.1) is 8.78 Å². The molecule has 0 atom stereocenters. The van der Waals surface area contributed by atoms with Crippen LogP contribution in [0.1, 0.15) is 18.4 Å². The van der Waals surface area contributed by atoms with Crippen LogP contribution in [0.15, 0.2) is 47.5 Å². The van der Waals surface area contributed by atoms with Gasteiger partial charge in [0.25, 0.3) is 5.56 Å². The van der Waals surface area contributed by atoms with E-state index >= 15 is 0 Å². The van der Waals surface area contributed by atoms with Gasteiger partial charge in [0.05, 0.1) is 16.9 Å². The molecule has 4 aromatic rings. The summed E-state index contributed by atoms with van der Waals surface area (Å²) in [7, 11) is 0. The lowest BCUT2D eigenvalue weighted by molar-refractivity contribution is -0.286. The lowest BCUT2D eigenvalue weighted by Gasteiger charge is -2.23. The summed E-state index contributed by atoms with van der Waals surface area (Å²) in [6, 6.07) is 6.77. The highest BCUT2D eigenvalue weighted by molar-refractivity contribution is 6.31. The number of fused-ring (bicyclic) bond motifs is 2. The number of ether oxygens (including phenoxy) is 2. The average Bonchev–Trinajstić information content (AvgIpc) is 3.45. The number of halogens is 6. The van der Waals surface area contributed by atoms with Gasteiger partial charge in [0.2, 0.25) is 5.91 Å². The topological polar surface area (TPSA) is 102 Å². The Morgan fingerprint density at radius 2 is 1.90 bits per heavy atom. The molecule has 202 valence electrons. The summed E-state index contributed by atoms with van der Waals surface area (Å²) in [4.78, 5) is 34.5. The molecule has 0 unspecified atom stereocenters. The number of anilines is 1. The summed E-state index contributed by atoms with van der Waals surface area (Å²) in [6.07, 6.45) is -6.14. The predicted octanol–water partition coefficient (Wildman–Crippen LogP) is 4.98. The number of hydrogen-bond donors (Lipinski definition) is 1. The number of alkyl halides is 5. The first-order chi connectivity index (χ1) is 18.4. The molecule has 2 aromatic carbocycles. The van der Waals surface area contributed by atoms with Crippen LogP contribution in [-0.2, 0) is 17.5 Å². The third-order valence-corrected chi connectivity index (χ3v) is 6.54. The van der Waals surface area contributed by atoms with Gasteiger partial charge in [0, 0.05) is 23.4 Å². The minimum atomic E-state index is -4.75. The predicted molar refractivity (Wildman–Crippen MR) is 127 cm³/mol. The van der Waals surface area contributed by atoms with Crippen LogP contribution in [0.4, 0.5) is 27.6 Å². The van der Waals surface area contributed by atoms with Crippen molar-refractivity contribution in [2.75, 3.05) is 4.90 Å². The number of nitrogens with one attached hydrogen (secondary N) is 1. The summed E-state index contributed by atoms with van der Waals surface area (Å²) in [6.45, 7) is -0.596. The fourth-order valence-electron chi connectivity index (χ4n) is 4.35. The van der Waals surface area contributed by atoms with Gasteiger partial charge in [0.1, 0.15) is 23.3 Å². The Balaban J connectivity index is 1.38. The van der Waals surface area contributed by atoms with Gasteiger partial charge < -0.3 is 19.4 Å². The van der Waals surface area contributed by atoms with Gasteiger partial charge in [-0.3, -0.25) is 9.59 Å². The van der Waals surface area contributed by atoms with Crippen LogP contribution in [0.3, 0.4) is 0 Å². The normalized spacial score (nSPS) is 16.1. The Labute approximate surface area is 219 Å². The maximum Gasteiger partial charge on any atom is 0.586 e. The van der Waals surface area contributed by atoms with Gasteiger partial charge in [-0.2, -0.15) is 18.3 Å². The maximum atomic E-state index is 13.5. The van der Waals surface area contributed by atoms with Crippen molar-refractivity contribution in [2.24, 2.45) is 0 Å². The first kappa shape index (κ1) is 25.1. The maximum absolute atomic E-state index is 13.5. The molecular weight excluding hydrogens is 553 g/mol. The zero-order valence-electron chi connectivity index (χ0n) is 19.4. The average molecular weight is 568 g/mol. The standard InChI is InChI=1S/C24H15ClF5N5O4/c25-15-5-1-11(7-14(15)23(26,27)28)19-20-21(32-10-31-20)22(37)34(33-19)9-18(36)35(12-2-3-12)13-4-6-16-17(8-13)39-24(29,30)38-16/h1,4-8,10,12H,2-3,9H2,(H,31,32). The number of benzene rings is 2. The molecule has 0 saturated heterocycles. The van der Waals surface area contributed by atoms with Crippen molar-refractivity contribution in [3.63, 3.8) is 0 Å². The molecule has 3 heterocycles. The lowest BCUT2D eigenvalue weighted by atomic mass is 10.1. The highest BCUT2D eigenvalue weighted by Crippen LogP contribution is 2.44. The molecule has 1 N–H and O–H groups in total. The van der Waals surface area contributed by atoms with Crippen molar-refractivity contribution in [1.82, 2.24) is 19.7 Å². The monoisotopic (exact) mass is 567 g/mol. The van der Waals surface area contributed by atoms with Gasteiger partial charge >= 0.3 is 12.5 Å². The minimum absolute atomic E-state index is 0.00916. The molecule has 2 aromatic heterocycles. The van der Waals surface area contributed by atoms with Gasteiger partial charge in [-0.05, 0) is 37.1 Å². The third-order valence-electron chi connectivity index (χ3n) is 6.21. The molecule has 1 aliphatic carbocycles. The number of aromatic nitrogens is 4. The van der Waals surface area contributed by atoms with E-state index in [0.717, 1.165) is 16.8 Å². The summed E-state index contributed by atoms with van der Waals surface area (Å²) < 4.78 is 77.1. The summed E-state index contributed by atoms with van der Waals surface area (Å²) in [5.41, 5.74) is -1.76. The fraction of sp³-hybridized carbons (Fsp3) is 0.250. The number of aromatic amines is 1. The van der Waals surface area contributed by atoms with E-state index in [1.54, 1.807) is 0 Å². The highest BCUT2D eigenvalue weighted by atomic mass is 35.5. The fourth-order valence-corrected chi connectivity index (χ4v) is 4.58. The van der Waals surface area contributed by atoms with E-state index in [4.69, 9.17) is 11.6 Å². The third kappa shape index (κ3) is 4.54. The molecule has 15 heteroatoms. The van der Waals surface area contributed by atoms with Crippen LogP contribution in [0.25, 0.3) is 22.3 Å². The van der Waals surface area contributed by atoms with Crippen molar-refractivity contribution in [2.45, 2.75) is 37.9 Å². The quantitative estimate of drug-likeness (QED) is 0.342. The number of hydrogen-bond acceptors (Lipinski definition) is 6. The highest BCUT2D eigenvalue weighted by Gasteiger charge is 2.44. The van der Waals surface area contributed by atoms with Crippen molar-refractivity contribution >= 4 is 34.2 Å². The first-order valence-corrected chi connectivity index (χ1v) is 11.8. The van der Waals surface area contributed by atoms with Crippen LogP contribution < -0.4 is 19.9 Å². The zero-order chi connectivity index (χ0) is 27.7. The van der Waals surface area contributed by atoms with Gasteiger partial charge in [-0.1, -0.05) is 17.7 Å². The Kier molecular flexibility index (Phi) is 5.57. The van der Waals surface area contributed by atoms with E-state index in [1.807, 2.05) is 0 Å². The molecule has 39 heavy (non-hydrogen) atoms. The van der Waals surface area contributed by atoms with Crippen LogP contribution in [0.5, 0.6) is 11.5 Å². The summed E-state index contributed by atoms with van der Waals surface area (Å²) >= 11 is 5.74. The molecule has 1 saturated carbocycles. The number of nitrogens with zero attached hydrogens (tertiary/aromatic N) is 4. The van der Waals surface area contributed by atoms with E-state index in [-0.39, 0.29) is 45.5 Å². The zero-order valence-corrected chi connectivity index (χ0v) is 20.2. The lowest BCUT2D eigenvalue weighted by Crippen LogP contribution is -2.39. The molecule has 1 fully saturated rings. The molecule has 6 rings (SSSR count). The van der Waals surface area contributed by atoms with E-state index in [2.05, 4.69) is 24.5 Å². The number of rotatable bonds is 5. The van der Waals surface area contributed by atoms with E-state index in [9.17, 15) is 31.5 Å². The van der Waals surface area contributed by atoms with Crippen LogP contribution in [-0.4, -0.2) is 38.0 Å². The second kappa shape index (κ2) is 8.66. The van der Waals surface area contributed by atoms with Crippen LogP contribution >= 0.6 is 11.6 Å². The molecule has 0 spiro atoms. The Morgan fingerprint density at radius 1 is 1.15 bits per heavy atom. The minimum Gasteiger partial charge on any atom is -0.395 e. The number of amides is 1.